The molecule has 20 heavy (non-hydrogen) atoms. The Balaban J connectivity index is 1.51. The number of rotatable bonds is 5. The maximum atomic E-state index is 6.46. The molecular formula is C17H22ClNS. The molecule has 1 N–H and O–H groups in total. The minimum atomic E-state index is 0.908. The molecule has 0 amide bonds. The summed E-state index contributed by atoms with van der Waals surface area (Å²) in [5, 5.41) is 5.71. The van der Waals surface area contributed by atoms with E-state index in [1.54, 1.807) is 0 Å². The molecule has 0 spiro atoms. The predicted molar refractivity (Wildman–Crippen MR) is 89.7 cm³/mol. The van der Waals surface area contributed by atoms with Gasteiger partial charge in [0.25, 0.3) is 0 Å². The van der Waals surface area contributed by atoms with E-state index in [1.807, 2.05) is 11.3 Å². The summed E-state index contributed by atoms with van der Waals surface area (Å²) in [4.78, 5) is 1.27. The van der Waals surface area contributed by atoms with Crippen LogP contribution in [0.2, 0.25) is 5.02 Å². The van der Waals surface area contributed by atoms with Crippen molar-refractivity contribution in [2.24, 2.45) is 5.92 Å². The van der Waals surface area contributed by atoms with E-state index in [4.69, 9.17) is 11.6 Å². The van der Waals surface area contributed by atoms with Gasteiger partial charge in [0.2, 0.25) is 0 Å². The average molecular weight is 308 g/mol. The van der Waals surface area contributed by atoms with Crippen molar-refractivity contribution in [1.29, 1.82) is 0 Å². The van der Waals surface area contributed by atoms with Gasteiger partial charge in [-0.3, -0.25) is 0 Å². The van der Waals surface area contributed by atoms with E-state index in [0.29, 0.717) is 0 Å². The smallest absolute Gasteiger partial charge is 0.0636 e. The topological polar surface area (TPSA) is 12.0 Å². The number of hydrogen-bond donors (Lipinski definition) is 1. The molecule has 1 heterocycles. The van der Waals surface area contributed by atoms with Gasteiger partial charge in [0, 0.05) is 21.5 Å². The van der Waals surface area contributed by atoms with Gasteiger partial charge in [-0.25, -0.2) is 0 Å². The van der Waals surface area contributed by atoms with Crippen molar-refractivity contribution in [3.05, 3.63) is 34.2 Å². The fraction of sp³-hybridized carbons (Fsp3) is 0.529. The van der Waals surface area contributed by atoms with E-state index in [2.05, 4.69) is 29.6 Å². The number of hydrogen-bond acceptors (Lipinski definition) is 2. The third-order valence-corrected chi connectivity index (χ3v) is 6.06. The van der Waals surface area contributed by atoms with Gasteiger partial charge < -0.3 is 5.32 Å². The minimum absolute atomic E-state index is 0.908. The highest BCUT2D eigenvalue weighted by Crippen LogP contribution is 2.35. The SMILES string of the molecule is Clc1c(CNCCC2CCCCC2)sc2ccccc12. The Morgan fingerprint density at radius 1 is 1.15 bits per heavy atom. The lowest BCUT2D eigenvalue weighted by molar-refractivity contribution is 0.334. The van der Waals surface area contributed by atoms with E-state index in [9.17, 15) is 0 Å². The van der Waals surface area contributed by atoms with Gasteiger partial charge in [0.1, 0.15) is 0 Å². The molecule has 0 atom stereocenters. The van der Waals surface area contributed by atoms with Crippen LogP contribution in [0.1, 0.15) is 43.4 Å². The zero-order valence-corrected chi connectivity index (χ0v) is 13.4. The van der Waals surface area contributed by atoms with Gasteiger partial charge in [-0.1, -0.05) is 61.9 Å². The van der Waals surface area contributed by atoms with Crippen LogP contribution in [-0.2, 0) is 6.54 Å². The van der Waals surface area contributed by atoms with Crippen LogP contribution >= 0.6 is 22.9 Å². The van der Waals surface area contributed by atoms with Crippen molar-refractivity contribution in [2.75, 3.05) is 6.54 Å². The molecule has 1 saturated carbocycles. The molecule has 3 rings (SSSR count). The molecule has 3 heteroatoms. The summed E-state index contributed by atoms with van der Waals surface area (Å²) >= 11 is 8.27. The van der Waals surface area contributed by atoms with E-state index < -0.39 is 0 Å². The van der Waals surface area contributed by atoms with Crippen molar-refractivity contribution in [1.82, 2.24) is 5.32 Å². The highest BCUT2D eigenvalue weighted by Gasteiger charge is 2.13. The summed E-state index contributed by atoms with van der Waals surface area (Å²) in [7, 11) is 0. The number of fused-ring (bicyclic) bond motifs is 1. The lowest BCUT2D eigenvalue weighted by Gasteiger charge is -2.21. The van der Waals surface area contributed by atoms with Crippen LogP contribution < -0.4 is 5.32 Å². The van der Waals surface area contributed by atoms with Crippen molar-refractivity contribution in [2.45, 2.75) is 45.1 Å². The predicted octanol–water partition coefficient (Wildman–Crippen LogP) is 5.61. The van der Waals surface area contributed by atoms with Crippen molar-refractivity contribution >= 4 is 33.0 Å². The number of halogens is 1. The Morgan fingerprint density at radius 3 is 2.75 bits per heavy atom. The van der Waals surface area contributed by atoms with Crippen LogP contribution in [0.4, 0.5) is 0 Å². The monoisotopic (exact) mass is 307 g/mol. The highest BCUT2D eigenvalue weighted by molar-refractivity contribution is 7.19. The van der Waals surface area contributed by atoms with Crippen molar-refractivity contribution in [3.8, 4) is 0 Å². The second-order valence-corrected chi connectivity index (χ2v) is 7.32. The van der Waals surface area contributed by atoms with Gasteiger partial charge in [0.15, 0.2) is 0 Å². The standard InChI is InChI=1S/C17H22ClNS/c18-17-14-8-4-5-9-15(14)20-16(17)12-19-11-10-13-6-2-1-3-7-13/h4-5,8-9,13,19H,1-3,6-7,10-12H2. The number of nitrogens with one attached hydrogen (secondary N) is 1. The average Bonchev–Trinajstić information content (AvgIpc) is 2.82. The first-order valence-electron chi connectivity index (χ1n) is 7.71. The van der Waals surface area contributed by atoms with Crippen LogP contribution in [0.15, 0.2) is 24.3 Å². The first-order chi connectivity index (χ1) is 9.84. The first kappa shape index (κ1) is 14.4. The van der Waals surface area contributed by atoms with Crippen LogP contribution in [0.3, 0.4) is 0 Å². The Labute approximate surface area is 130 Å². The molecule has 1 aliphatic carbocycles. The summed E-state index contributed by atoms with van der Waals surface area (Å²) in [6.07, 6.45) is 8.51. The quantitative estimate of drug-likeness (QED) is 0.707. The second kappa shape index (κ2) is 6.93. The molecule has 108 valence electrons. The first-order valence-corrected chi connectivity index (χ1v) is 8.90. The van der Waals surface area contributed by atoms with E-state index in [-0.39, 0.29) is 0 Å². The van der Waals surface area contributed by atoms with E-state index in [0.717, 1.165) is 24.0 Å². The Hall–Kier alpha value is -0.570. The number of benzene rings is 1. The Bertz CT molecular complexity index is 557. The lowest BCUT2D eigenvalue weighted by Crippen LogP contribution is -2.18. The lowest BCUT2D eigenvalue weighted by atomic mass is 9.87. The molecule has 1 fully saturated rings. The Morgan fingerprint density at radius 2 is 1.95 bits per heavy atom. The maximum absolute atomic E-state index is 6.46. The minimum Gasteiger partial charge on any atom is -0.312 e. The zero-order valence-electron chi connectivity index (χ0n) is 11.8. The summed E-state index contributed by atoms with van der Waals surface area (Å²) < 4.78 is 1.29. The fourth-order valence-electron chi connectivity index (χ4n) is 3.16. The third-order valence-electron chi connectivity index (χ3n) is 4.34. The third kappa shape index (κ3) is 3.36. The molecule has 1 nitrogen and oxygen atoms in total. The summed E-state index contributed by atoms with van der Waals surface area (Å²) in [6, 6.07) is 8.40. The molecule has 0 radical (unpaired) electrons. The van der Waals surface area contributed by atoms with Gasteiger partial charge in [-0.2, -0.15) is 0 Å². The van der Waals surface area contributed by atoms with Gasteiger partial charge in [0.05, 0.1) is 5.02 Å². The molecule has 0 saturated heterocycles. The summed E-state index contributed by atoms with van der Waals surface area (Å²) in [6.45, 7) is 2.03. The molecule has 0 unspecified atom stereocenters. The van der Waals surface area contributed by atoms with Crippen molar-refractivity contribution < 1.29 is 0 Å². The molecule has 1 aromatic carbocycles. The van der Waals surface area contributed by atoms with Crippen LogP contribution in [0.5, 0.6) is 0 Å². The van der Waals surface area contributed by atoms with Gasteiger partial charge in [-0.05, 0) is 24.9 Å². The maximum Gasteiger partial charge on any atom is 0.0636 e. The van der Waals surface area contributed by atoms with Gasteiger partial charge >= 0.3 is 0 Å². The molecule has 0 aliphatic heterocycles. The van der Waals surface area contributed by atoms with E-state index in [1.165, 1.54) is 53.5 Å². The van der Waals surface area contributed by atoms with Crippen LogP contribution in [0, 0.1) is 5.92 Å². The van der Waals surface area contributed by atoms with Crippen molar-refractivity contribution in [3.63, 3.8) is 0 Å². The summed E-state index contributed by atoms with van der Waals surface area (Å²) in [5.41, 5.74) is 0. The fourth-order valence-corrected chi connectivity index (χ4v) is 4.63. The number of thiophene rings is 1. The largest absolute Gasteiger partial charge is 0.312 e. The molecular weight excluding hydrogens is 286 g/mol. The van der Waals surface area contributed by atoms with Gasteiger partial charge in [-0.15, -0.1) is 11.3 Å². The Kier molecular flexibility index (Phi) is 4.98. The second-order valence-electron chi connectivity index (χ2n) is 5.80. The highest BCUT2D eigenvalue weighted by atomic mass is 35.5. The normalized spacial score (nSPS) is 16.9. The molecule has 2 aromatic rings. The molecule has 1 aromatic heterocycles. The molecule has 0 bridgehead atoms. The van der Waals surface area contributed by atoms with Crippen LogP contribution in [0.25, 0.3) is 10.1 Å². The molecule has 1 aliphatic rings. The zero-order chi connectivity index (χ0) is 13.8. The van der Waals surface area contributed by atoms with Crippen LogP contribution in [-0.4, -0.2) is 6.54 Å². The van der Waals surface area contributed by atoms with E-state index >= 15 is 0 Å². The summed E-state index contributed by atoms with van der Waals surface area (Å²) in [5.74, 6) is 0.953.